The van der Waals surface area contributed by atoms with Gasteiger partial charge >= 0.3 is 5.97 Å². The summed E-state index contributed by atoms with van der Waals surface area (Å²) in [6.07, 6.45) is 1.69. The molecule has 0 unspecified atom stereocenters. The van der Waals surface area contributed by atoms with Crippen LogP contribution in [0.4, 0.5) is 0 Å². The highest BCUT2D eigenvalue weighted by molar-refractivity contribution is 6.12. The van der Waals surface area contributed by atoms with Gasteiger partial charge in [0.25, 0.3) is 0 Å². The van der Waals surface area contributed by atoms with Gasteiger partial charge in [-0.25, -0.2) is 9.79 Å². The van der Waals surface area contributed by atoms with E-state index in [-0.39, 0.29) is 5.70 Å². The van der Waals surface area contributed by atoms with Crippen LogP contribution in [0.3, 0.4) is 0 Å². The minimum Gasteiger partial charge on any atom is -0.490 e. The van der Waals surface area contributed by atoms with Gasteiger partial charge in [-0.2, -0.15) is 0 Å². The van der Waals surface area contributed by atoms with Crippen LogP contribution in [0.5, 0.6) is 11.5 Å². The van der Waals surface area contributed by atoms with Gasteiger partial charge in [-0.05, 0) is 62.2 Å². The van der Waals surface area contributed by atoms with Crippen LogP contribution < -0.4 is 9.47 Å². The molecule has 0 amide bonds. The largest absolute Gasteiger partial charge is 0.490 e. The highest BCUT2D eigenvalue weighted by atomic mass is 16.6. The summed E-state index contributed by atoms with van der Waals surface area (Å²) in [5, 5.41) is 0. The maximum Gasteiger partial charge on any atom is 0.363 e. The third-order valence-electron chi connectivity index (χ3n) is 4.97. The molecule has 5 heteroatoms. The zero-order valence-corrected chi connectivity index (χ0v) is 18.4. The number of aryl methyl sites for hydroxylation is 2. The monoisotopic (exact) mass is 427 g/mol. The van der Waals surface area contributed by atoms with Crippen LogP contribution >= 0.6 is 0 Å². The molecule has 0 radical (unpaired) electrons. The van der Waals surface area contributed by atoms with E-state index in [1.807, 2.05) is 68.4 Å². The van der Waals surface area contributed by atoms with Crippen LogP contribution in [-0.4, -0.2) is 18.5 Å². The van der Waals surface area contributed by atoms with Crippen molar-refractivity contribution in [2.75, 3.05) is 6.61 Å². The zero-order valence-electron chi connectivity index (χ0n) is 18.4. The van der Waals surface area contributed by atoms with E-state index in [4.69, 9.17) is 14.2 Å². The molecule has 0 aromatic heterocycles. The molecule has 3 aromatic rings. The number of ether oxygens (including phenoxy) is 3. The Bertz CT molecular complexity index is 1190. The fourth-order valence-corrected chi connectivity index (χ4v) is 3.35. The van der Waals surface area contributed by atoms with Gasteiger partial charge in [-0.15, -0.1) is 0 Å². The Labute approximate surface area is 188 Å². The number of cyclic esters (lactones) is 1. The van der Waals surface area contributed by atoms with E-state index in [9.17, 15) is 4.79 Å². The molecular formula is C27H25NO4. The molecule has 0 N–H and O–H groups in total. The molecule has 32 heavy (non-hydrogen) atoms. The third kappa shape index (κ3) is 5.06. The molecule has 0 spiro atoms. The smallest absolute Gasteiger partial charge is 0.363 e. The van der Waals surface area contributed by atoms with Gasteiger partial charge in [0, 0.05) is 5.56 Å². The lowest BCUT2D eigenvalue weighted by molar-refractivity contribution is -0.129. The van der Waals surface area contributed by atoms with Crippen molar-refractivity contribution >= 4 is 17.9 Å². The summed E-state index contributed by atoms with van der Waals surface area (Å²) in [6, 6.07) is 21.4. The Morgan fingerprint density at radius 2 is 1.72 bits per heavy atom. The van der Waals surface area contributed by atoms with Crippen LogP contribution in [0.2, 0.25) is 0 Å². The van der Waals surface area contributed by atoms with Gasteiger partial charge in [0.15, 0.2) is 17.2 Å². The Kier molecular flexibility index (Phi) is 6.36. The second-order valence-corrected chi connectivity index (χ2v) is 7.62. The molecule has 0 saturated carbocycles. The highest BCUT2D eigenvalue weighted by Crippen LogP contribution is 2.31. The summed E-state index contributed by atoms with van der Waals surface area (Å²) in [4.78, 5) is 16.7. The first kappa shape index (κ1) is 21.4. The molecule has 1 aliphatic heterocycles. The molecule has 1 heterocycles. The number of carbonyl (C=O) groups is 1. The highest BCUT2D eigenvalue weighted by Gasteiger charge is 2.24. The van der Waals surface area contributed by atoms with E-state index < -0.39 is 5.97 Å². The van der Waals surface area contributed by atoms with Gasteiger partial charge in [0.2, 0.25) is 5.90 Å². The maximum absolute atomic E-state index is 12.3. The quantitative estimate of drug-likeness (QED) is 0.362. The number of hydrogen-bond acceptors (Lipinski definition) is 5. The number of hydrogen-bond donors (Lipinski definition) is 0. The molecule has 0 saturated heterocycles. The number of rotatable bonds is 7. The summed E-state index contributed by atoms with van der Waals surface area (Å²) < 4.78 is 17.1. The first-order valence-corrected chi connectivity index (χ1v) is 10.6. The van der Waals surface area contributed by atoms with Crippen LogP contribution in [0.15, 0.2) is 77.4 Å². The van der Waals surface area contributed by atoms with E-state index >= 15 is 0 Å². The molecule has 0 bridgehead atoms. The van der Waals surface area contributed by atoms with Gasteiger partial charge in [0.1, 0.15) is 6.61 Å². The topological polar surface area (TPSA) is 57.1 Å². The molecular weight excluding hydrogens is 402 g/mol. The Morgan fingerprint density at radius 1 is 0.906 bits per heavy atom. The van der Waals surface area contributed by atoms with E-state index in [0.29, 0.717) is 30.6 Å². The lowest BCUT2D eigenvalue weighted by atomic mass is 10.1. The van der Waals surface area contributed by atoms with Crippen molar-refractivity contribution in [2.45, 2.75) is 27.4 Å². The number of aliphatic imine (C=N–C) groups is 1. The zero-order chi connectivity index (χ0) is 22.5. The average Bonchev–Trinajstić information content (AvgIpc) is 3.14. The van der Waals surface area contributed by atoms with Crippen molar-refractivity contribution in [3.63, 3.8) is 0 Å². The Morgan fingerprint density at radius 3 is 2.47 bits per heavy atom. The van der Waals surface area contributed by atoms with E-state index in [2.05, 4.69) is 24.0 Å². The summed E-state index contributed by atoms with van der Waals surface area (Å²) >= 11 is 0. The van der Waals surface area contributed by atoms with Gasteiger partial charge in [-0.1, -0.05) is 53.6 Å². The third-order valence-corrected chi connectivity index (χ3v) is 4.97. The summed E-state index contributed by atoms with van der Waals surface area (Å²) in [5.41, 5.74) is 5.19. The number of carbonyl (C=O) groups excluding carboxylic acids is 1. The average molecular weight is 428 g/mol. The summed E-state index contributed by atoms with van der Waals surface area (Å²) in [5.74, 6) is 1.10. The standard InChI is InChI=1S/C27H25NO4/c1-4-30-25-16-20(10-13-24(25)31-17-21-7-5-6-19(3)14-21)15-23-27(29)32-26(28-23)22-11-8-18(2)9-12-22/h5-16H,4,17H2,1-3H3/b23-15-. The molecule has 0 aliphatic carbocycles. The fraction of sp³-hybridized carbons (Fsp3) is 0.185. The van der Waals surface area contributed by atoms with Crippen molar-refractivity contribution in [2.24, 2.45) is 4.99 Å². The second kappa shape index (κ2) is 9.52. The molecule has 1 aliphatic rings. The minimum atomic E-state index is -0.474. The van der Waals surface area contributed by atoms with E-state index in [0.717, 1.165) is 22.3 Å². The summed E-state index contributed by atoms with van der Waals surface area (Å²) in [7, 11) is 0. The molecule has 4 rings (SSSR count). The number of nitrogens with zero attached hydrogens (tertiary/aromatic N) is 1. The van der Waals surface area contributed by atoms with Crippen LogP contribution in [0.25, 0.3) is 6.08 Å². The van der Waals surface area contributed by atoms with Crippen molar-refractivity contribution in [1.82, 2.24) is 0 Å². The molecule has 3 aromatic carbocycles. The van der Waals surface area contributed by atoms with E-state index in [1.54, 1.807) is 6.08 Å². The predicted molar refractivity (Wildman–Crippen MR) is 125 cm³/mol. The summed E-state index contributed by atoms with van der Waals surface area (Å²) in [6.45, 7) is 6.92. The normalized spacial score (nSPS) is 14.3. The lowest BCUT2D eigenvalue weighted by Gasteiger charge is -2.13. The SMILES string of the molecule is CCOc1cc(/C=C2\N=C(c3ccc(C)cc3)OC2=O)ccc1OCc1cccc(C)c1. The van der Waals surface area contributed by atoms with Gasteiger partial charge in [-0.3, -0.25) is 0 Å². The number of benzene rings is 3. The van der Waals surface area contributed by atoms with Crippen molar-refractivity contribution in [1.29, 1.82) is 0 Å². The molecule has 0 atom stereocenters. The van der Waals surface area contributed by atoms with Crippen molar-refractivity contribution in [3.05, 3.63) is 100 Å². The lowest BCUT2D eigenvalue weighted by Crippen LogP contribution is -2.05. The molecule has 162 valence electrons. The van der Waals surface area contributed by atoms with Crippen LogP contribution in [-0.2, 0) is 16.1 Å². The fourth-order valence-electron chi connectivity index (χ4n) is 3.35. The maximum atomic E-state index is 12.3. The van der Waals surface area contributed by atoms with Gasteiger partial charge < -0.3 is 14.2 Å². The van der Waals surface area contributed by atoms with Crippen LogP contribution in [0, 0.1) is 13.8 Å². The first-order valence-electron chi connectivity index (χ1n) is 10.6. The number of esters is 1. The molecule has 0 fully saturated rings. The molecule has 5 nitrogen and oxygen atoms in total. The second-order valence-electron chi connectivity index (χ2n) is 7.62. The van der Waals surface area contributed by atoms with E-state index in [1.165, 1.54) is 5.56 Å². The predicted octanol–water partition coefficient (Wildman–Crippen LogP) is 5.63. The Hall–Kier alpha value is -3.86. The van der Waals surface area contributed by atoms with Crippen LogP contribution in [0.1, 0.15) is 34.7 Å². The van der Waals surface area contributed by atoms with Crippen molar-refractivity contribution in [3.8, 4) is 11.5 Å². The van der Waals surface area contributed by atoms with Gasteiger partial charge in [0.05, 0.1) is 6.61 Å². The minimum absolute atomic E-state index is 0.247. The first-order chi connectivity index (χ1) is 15.5. The Balaban J connectivity index is 1.55. The van der Waals surface area contributed by atoms with Crippen molar-refractivity contribution < 1.29 is 19.0 Å².